The minimum absolute atomic E-state index is 0.184. The number of amides is 1. The zero-order chi connectivity index (χ0) is 19.3. The van der Waals surface area contributed by atoms with E-state index in [1.54, 1.807) is 25.1 Å². The molecule has 0 fully saturated rings. The Kier molecular flexibility index (Phi) is 6.97. The average Bonchev–Trinajstić information content (AvgIpc) is 2.62. The van der Waals surface area contributed by atoms with Crippen molar-refractivity contribution in [2.45, 2.75) is 32.1 Å². The summed E-state index contributed by atoms with van der Waals surface area (Å²) in [7, 11) is -3.71. The van der Waals surface area contributed by atoms with Gasteiger partial charge in [-0.2, -0.15) is 4.31 Å². The summed E-state index contributed by atoms with van der Waals surface area (Å²) in [5, 5.41) is 2.88. The van der Waals surface area contributed by atoms with Gasteiger partial charge in [-0.25, -0.2) is 8.42 Å². The number of halogens is 1. The van der Waals surface area contributed by atoms with Crippen LogP contribution in [0.1, 0.15) is 25.0 Å². The van der Waals surface area contributed by atoms with Crippen molar-refractivity contribution in [2.24, 2.45) is 0 Å². The summed E-state index contributed by atoms with van der Waals surface area (Å²) in [5.41, 5.74) is 2.67. The Labute approximate surface area is 163 Å². The summed E-state index contributed by atoms with van der Waals surface area (Å²) in [5.74, 6) is -0.355. The van der Waals surface area contributed by atoms with Crippen molar-refractivity contribution in [2.75, 3.05) is 18.4 Å². The summed E-state index contributed by atoms with van der Waals surface area (Å²) in [6.07, 6.45) is 0.760. The molecule has 7 heteroatoms. The molecule has 0 atom stereocenters. The number of hydrogen-bond donors (Lipinski definition) is 1. The topological polar surface area (TPSA) is 66.5 Å². The van der Waals surface area contributed by atoms with Crippen molar-refractivity contribution < 1.29 is 13.2 Å². The number of nitrogens with one attached hydrogen (secondary N) is 1. The summed E-state index contributed by atoms with van der Waals surface area (Å²) in [6.45, 7) is 5.63. The Morgan fingerprint density at radius 2 is 1.81 bits per heavy atom. The molecule has 0 unspecified atom stereocenters. The number of nitrogens with zero attached hydrogens (tertiary/aromatic N) is 1. The first kappa shape index (κ1) is 20.6. The SMILES string of the molecule is CCc1cc(Br)cc(C)c1NC(=O)CN(CC)S(=O)(=O)c1ccccc1. The standard InChI is InChI=1S/C19H23BrN2O3S/c1-4-15-12-16(20)11-14(3)19(15)21-18(23)13-22(5-2)26(24,25)17-9-7-6-8-10-17/h6-12H,4-5,13H2,1-3H3,(H,21,23). The molecule has 0 bridgehead atoms. The summed E-state index contributed by atoms with van der Waals surface area (Å²) < 4.78 is 27.6. The number of benzene rings is 2. The van der Waals surface area contributed by atoms with Gasteiger partial charge in [0.2, 0.25) is 15.9 Å². The quantitative estimate of drug-likeness (QED) is 0.710. The van der Waals surface area contributed by atoms with Gasteiger partial charge < -0.3 is 5.32 Å². The zero-order valence-corrected chi connectivity index (χ0v) is 17.5. The molecule has 2 aromatic rings. The Morgan fingerprint density at radius 3 is 2.38 bits per heavy atom. The molecule has 2 aromatic carbocycles. The van der Waals surface area contributed by atoms with Crippen molar-refractivity contribution in [1.82, 2.24) is 4.31 Å². The molecule has 2 rings (SSSR count). The summed E-state index contributed by atoms with van der Waals surface area (Å²) >= 11 is 3.46. The normalized spacial score (nSPS) is 11.6. The summed E-state index contributed by atoms with van der Waals surface area (Å²) in [4.78, 5) is 12.7. The van der Waals surface area contributed by atoms with Gasteiger partial charge in [-0.1, -0.05) is 48.0 Å². The van der Waals surface area contributed by atoms with Gasteiger partial charge >= 0.3 is 0 Å². The van der Waals surface area contributed by atoms with Crippen LogP contribution in [0, 0.1) is 6.92 Å². The molecule has 0 heterocycles. The fourth-order valence-corrected chi connectivity index (χ4v) is 4.76. The number of rotatable bonds is 7. The van der Waals surface area contributed by atoms with Crippen LogP contribution in [0.4, 0.5) is 5.69 Å². The minimum atomic E-state index is -3.71. The van der Waals surface area contributed by atoms with E-state index in [0.717, 1.165) is 27.7 Å². The Bertz CT molecular complexity index is 883. The summed E-state index contributed by atoms with van der Waals surface area (Å²) in [6, 6.07) is 12.0. The Hall–Kier alpha value is -1.70. The van der Waals surface area contributed by atoms with Gasteiger partial charge in [0.1, 0.15) is 0 Å². The van der Waals surface area contributed by atoms with Crippen LogP contribution < -0.4 is 5.32 Å². The lowest BCUT2D eigenvalue weighted by molar-refractivity contribution is -0.116. The van der Waals surface area contributed by atoms with E-state index in [0.29, 0.717) is 0 Å². The van der Waals surface area contributed by atoms with E-state index in [1.165, 1.54) is 16.4 Å². The molecule has 0 aliphatic carbocycles. The van der Waals surface area contributed by atoms with Gasteiger partial charge in [0.25, 0.3) is 0 Å². The molecule has 1 amide bonds. The van der Waals surface area contributed by atoms with E-state index >= 15 is 0 Å². The van der Waals surface area contributed by atoms with Gasteiger partial charge in [0.15, 0.2) is 0 Å². The molecular weight excluding hydrogens is 416 g/mol. The maximum Gasteiger partial charge on any atom is 0.243 e. The van der Waals surface area contributed by atoms with E-state index in [9.17, 15) is 13.2 Å². The van der Waals surface area contributed by atoms with Crippen molar-refractivity contribution >= 4 is 37.5 Å². The predicted octanol–water partition coefficient (Wildman–Crippen LogP) is 3.97. The highest BCUT2D eigenvalue weighted by Gasteiger charge is 2.25. The van der Waals surface area contributed by atoms with Gasteiger partial charge in [-0.15, -0.1) is 0 Å². The van der Waals surface area contributed by atoms with Crippen molar-refractivity contribution in [3.63, 3.8) is 0 Å². The molecule has 140 valence electrons. The lowest BCUT2D eigenvalue weighted by atomic mass is 10.1. The molecule has 5 nitrogen and oxygen atoms in total. The minimum Gasteiger partial charge on any atom is -0.324 e. The lowest BCUT2D eigenvalue weighted by Gasteiger charge is -2.21. The maximum atomic E-state index is 12.7. The van der Waals surface area contributed by atoms with Crippen LogP contribution in [0.3, 0.4) is 0 Å². The molecule has 0 radical (unpaired) electrons. The first-order chi connectivity index (χ1) is 12.3. The number of carbonyl (C=O) groups excluding carboxylic acids is 1. The molecule has 0 aliphatic heterocycles. The molecule has 0 saturated carbocycles. The number of likely N-dealkylation sites (N-methyl/N-ethyl adjacent to an activating group) is 1. The van der Waals surface area contributed by atoms with Gasteiger partial charge in [-0.3, -0.25) is 4.79 Å². The molecule has 0 aromatic heterocycles. The first-order valence-corrected chi connectivity index (χ1v) is 10.7. The third kappa shape index (κ3) is 4.72. The highest BCUT2D eigenvalue weighted by molar-refractivity contribution is 9.10. The number of carbonyl (C=O) groups is 1. The monoisotopic (exact) mass is 438 g/mol. The number of sulfonamides is 1. The number of anilines is 1. The van der Waals surface area contributed by atoms with Crippen LogP contribution in [-0.4, -0.2) is 31.7 Å². The molecule has 0 saturated heterocycles. The van der Waals surface area contributed by atoms with Crippen LogP contribution in [-0.2, 0) is 21.2 Å². The largest absolute Gasteiger partial charge is 0.324 e. The van der Waals surface area contributed by atoms with Crippen LogP contribution in [0.15, 0.2) is 51.8 Å². The second-order valence-electron chi connectivity index (χ2n) is 5.90. The smallest absolute Gasteiger partial charge is 0.243 e. The van der Waals surface area contributed by atoms with Crippen LogP contribution >= 0.6 is 15.9 Å². The Morgan fingerprint density at radius 1 is 1.15 bits per heavy atom. The Balaban J connectivity index is 2.21. The highest BCUT2D eigenvalue weighted by Crippen LogP contribution is 2.26. The molecule has 1 N–H and O–H groups in total. The molecule has 0 spiro atoms. The van der Waals surface area contributed by atoms with Gasteiger partial charge in [-0.05, 0) is 48.7 Å². The fourth-order valence-electron chi connectivity index (χ4n) is 2.72. The zero-order valence-electron chi connectivity index (χ0n) is 15.1. The highest BCUT2D eigenvalue weighted by atomic mass is 79.9. The predicted molar refractivity (Wildman–Crippen MR) is 108 cm³/mol. The van der Waals surface area contributed by atoms with Gasteiger partial charge in [0.05, 0.1) is 11.4 Å². The molecule has 26 heavy (non-hydrogen) atoms. The first-order valence-electron chi connectivity index (χ1n) is 8.43. The van der Waals surface area contributed by atoms with E-state index in [1.807, 2.05) is 26.0 Å². The second-order valence-corrected chi connectivity index (χ2v) is 8.76. The number of hydrogen-bond acceptors (Lipinski definition) is 3. The van der Waals surface area contributed by atoms with Gasteiger partial charge in [0, 0.05) is 16.7 Å². The molecule has 0 aliphatic rings. The van der Waals surface area contributed by atoms with Crippen LogP contribution in [0.2, 0.25) is 0 Å². The van der Waals surface area contributed by atoms with Crippen LogP contribution in [0.5, 0.6) is 0 Å². The second kappa shape index (κ2) is 8.79. The van der Waals surface area contributed by atoms with Crippen molar-refractivity contribution in [3.05, 3.63) is 58.1 Å². The lowest BCUT2D eigenvalue weighted by Crippen LogP contribution is -2.38. The average molecular weight is 439 g/mol. The number of aryl methyl sites for hydroxylation is 2. The van der Waals surface area contributed by atoms with Crippen LogP contribution in [0.25, 0.3) is 0 Å². The van der Waals surface area contributed by atoms with E-state index < -0.39 is 10.0 Å². The van der Waals surface area contributed by atoms with Crippen molar-refractivity contribution in [3.8, 4) is 0 Å². The van der Waals surface area contributed by atoms with E-state index in [2.05, 4.69) is 21.2 Å². The third-order valence-corrected chi connectivity index (χ3v) is 6.47. The fraction of sp³-hybridized carbons (Fsp3) is 0.316. The third-order valence-electron chi connectivity index (χ3n) is 4.08. The van der Waals surface area contributed by atoms with E-state index in [-0.39, 0.29) is 23.9 Å². The van der Waals surface area contributed by atoms with Crippen molar-refractivity contribution in [1.29, 1.82) is 0 Å². The maximum absolute atomic E-state index is 12.7. The molecular formula is C19H23BrN2O3S. The van der Waals surface area contributed by atoms with E-state index in [4.69, 9.17) is 0 Å².